The van der Waals surface area contributed by atoms with Crippen LogP contribution in [-0.4, -0.2) is 55.8 Å². The Hall–Kier alpha value is -2.73. The number of nitrogens with zero attached hydrogens (tertiary/aromatic N) is 2. The highest BCUT2D eigenvalue weighted by molar-refractivity contribution is 7.90. The maximum atomic E-state index is 13.3. The second-order valence-electron chi connectivity index (χ2n) is 9.73. The first-order valence-corrected chi connectivity index (χ1v) is 13.3. The number of ether oxygens (including phenoxy) is 1. The molecule has 4 atom stereocenters. The van der Waals surface area contributed by atoms with Crippen LogP contribution in [-0.2, 0) is 26.0 Å². The summed E-state index contributed by atoms with van der Waals surface area (Å²) in [5.74, 6) is -0.0585. The summed E-state index contributed by atoms with van der Waals surface area (Å²) in [7, 11) is -3.84. The van der Waals surface area contributed by atoms with E-state index in [4.69, 9.17) is 4.74 Å². The SMILES string of the molecule is C[C@@H](C#N)S(=O)(=O)N[C@@H]1[C@H](Cc2cccc(-c3ccccc3)c2)N(C(=O)C2CCO2)CC12CC2. The quantitative estimate of drug-likeness (QED) is 0.658. The minimum absolute atomic E-state index is 0.0585. The molecule has 1 saturated carbocycles. The Kier molecular flexibility index (Phi) is 5.96. The van der Waals surface area contributed by atoms with Crippen molar-refractivity contribution in [3.63, 3.8) is 0 Å². The van der Waals surface area contributed by atoms with E-state index in [9.17, 15) is 18.5 Å². The van der Waals surface area contributed by atoms with Gasteiger partial charge in [-0.3, -0.25) is 4.79 Å². The maximum absolute atomic E-state index is 13.3. The molecule has 34 heavy (non-hydrogen) atoms. The Labute approximate surface area is 200 Å². The average Bonchev–Trinajstić information content (AvgIpc) is 3.53. The molecule has 7 nitrogen and oxygen atoms in total. The molecule has 2 aliphatic heterocycles. The number of sulfonamides is 1. The molecule has 0 aromatic heterocycles. The first kappa shape index (κ1) is 23.0. The number of carbonyl (C=O) groups is 1. The van der Waals surface area contributed by atoms with Gasteiger partial charge in [-0.2, -0.15) is 5.26 Å². The summed E-state index contributed by atoms with van der Waals surface area (Å²) in [6, 6.07) is 19.3. The summed E-state index contributed by atoms with van der Waals surface area (Å²) in [5, 5.41) is 8.07. The number of hydrogen-bond donors (Lipinski definition) is 1. The largest absolute Gasteiger partial charge is 0.368 e. The van der Waals surface area contributed by atoms with Crippen LogP contribution in [0.1, 0.15) is 31.7 Å². The van der Waals surface area contributed by atoms with E-state index in [1.54, 1.807) is 0 Å². The van der Waals surface area contributed by atoms with Gasteiger partial charge in [-0.1, -0.05) is 54.6 Å². The summed E-state index contributed by atoms with van der Waals surface area (Å²) in [5.41, 5.74) is 2.94. The third-order valence-electron chi connectivity index (χ3n) is 7.50. The van der Waals surface area contributed by atoms with E-state index >= 15 is 0 Å². The molecule has 178 valence electrons. The van der Waals surface area contributed by atoms with Gasteiger partial charge in [-0.05, 0) is 42.9 Å². The monoisotopic (exact) mass is 479 g/mol. The number of nitrogens with one attached hydrogen (secondary N) is 1. The molecule has 3 fully saturated rings. The molecule has 8 heteroatoms. The zero-order valence-corrected chi connectivity index (χ0v) is 20.0. The fourth-order valence-electron chi connectivity index (χ4n) is 5.16. The molecule has 2 aromatic carbocycles. The van der Waals surface area contributed by atoms with Gasteiger partial charge in [0, 0.05) is 24.4 Å². The van der Waals surface area contributed by atoms with Gasteiger partial charge in [0.2, 0.25) is 10.0 Å². The molecule has 1 unspecified atom stereocenters. The van der Waals surface area contributed by atoms with Gasteiger partial charge in [-0.25, -0.2) is 13.1 Å². The third-order valence-corrected chi connectivity index (χ3v) is 9.12. The van der Waals surface area contributed by atoms with Crippen LogP contribution in [0.15, 0.2) is 54.6 Å². The molecule has 2 aromatic rings. The van der Waals surface area contributed by atoms with Crippen molar-refractivity contribution in [3.05, 3.63) is 60.2 Å². The second kappa shape index (κ2) is 8.81. The van der Waals surface area contributed by atoms with Crippen LogP contribution in [0.25, 0.3) is 11.1 Å². The third kappa shape index (κ3) is 4.24. The first-order valence-electron chi connectivity index (χ1n) is 11.8. The lowest BCUT2D eigenvalue weighted by atomic mass is 9.91. The Morgan fingerprint density at radius 3 is 2.53 bits per heavy atom. The lowest BCUT2D eigenvalue weighted by Crippen LogP contribution is -2.53. The summed E-state index contributed by atoms with van der Waals surface area (Å²) >= 11 is 0. The Morgan fingerprint density at radius 1 is 1.21 bits per heavy atom. The molecule has 0 bridgehead atoms. The Balaban J connectivity index is 1.48. The number of rotatable bonds is 7. The van der Waals surface area contributed by atoms with E-state index in [0.717, 1.165) is 29.5 Å². The molecule has 1 aliphatic carbocycles. The fourth-order valence-corrected chi connectivity index (χ4v) is 6.26. The summed E-state index contributed by atoms with van der Waals surface area (Å²) in [6.07, 6.45) is 2.49. The number of benzene rings is 2. The van der Waals surface area contributed by atoms with Crippen LogP contribution < -0.4 is 4.72 Å². The molecule has 2 heterocycles. The van der Waals surface area contributed by atoms with Gasteiger partial charge in [0.25, 0.3) is 5.91 Å². The lowest BCUT2D eigenvalue weighted by Gasteiger charge is -2.34. The first-order chi connectivity index (χ1) is 16.3. The molecular formula is C26H29N3O4S. The van der Waals surface area contributed by atoms with Crippen molar-refractivity contribution < 1.29 is 17.9 Å². The van der Waals surface area contributed by atoms with Crippen molar-refractivity contribution in [2.24, 2.45) is 5.41 Å². The van der Waals surface area contributed by atoms with Crippen LogP contribution in [0, 0.1) is 16.7 Å². The van der Waals surface area contributed by atoms with E-state index in [-0.39, 0.29) is 17.4 Å². The van der Waals surface area contributed by atoms with Crippen molar-refractivity contribution >= 4 is 15.9 Å². The number of likely N-dealkylation sites (tertiary alicyclic amines) is 1. The lowest BCUT2D eigenvalue weighted by molar-refractivity contribution is -0.157. The molecule has 1 amide bonds. The molecule has 1 spiro atoms. The van der Waals surface area contributed by atoms with Crippen LogP contribution in [0.5, 0.6) is 0 Å². The van der Waals surface area contributed by atoms with E-state index in [1.807, 2.05) is 41.3 Å². The van der Waals surface area contributed by atoms with Crippen molar-refractivity contribution in [2.75, 3.05) is 13.2 Å². The second-order valence-corrected chi connectivity index (χ2v) is 11.8. The average molecular weight is 480 g/mol. The number of carbonyl (C=O) groups excluding carboxylic acids is 1. The van der Waals surface area contributed by atoms with Crippen LogP contribution in [0.4, 0.5) is 0 Å². The predicted molar refractivity (Wildman–Crippen MR) is 128 cm³/mol. The van der Waals surface area contributed by atoms with Gasteiger partial charge in [0.05, 0.1) is 18.7 Å². The van der Waals surface area contributed by atoms with Crippen molar-refractivity contribution in [3.8, 4) is 17.2 Å². The normalized spacial score (nSPS) is 26.0. The van der Waals surface area contributed by atoms with Gasteiger partial charge in [0.15, 0.2) is 5.25 Å². The molecule has 3 aliphatic rings. The zero-order chi connectivity index (χ0) is 23.9. The number of amides is 1. The van der Waals surface area contributed by atoms with Gasteiger partial charge in [-0.15, -0.1) is 0 Å². The van der Waals surface area contributed by atoms with E-state index in [1.165, 1.54) is 6.92 Å². The highest BCUT2D eigenvalue weighted by atomic mass is 32.2. The van der Waals surface area contributed by atoms with Crippen molar-refractivity contribution in [1.82, 2.24) is 9.62 Å². The highest BCUT2D eigenvalue weighted by Gasteiger charge is 2.62. The summed E-state index contributed by atoms with van der Waals surface area (Å²) in [6.45, 7) is 2.48. The molecular weight excluding hydrogens is 450 g/mol. The minimum Gasteiger partial charge on any atom is -0.368 e. The number of nitriles is 1. The summed E-state index contributed by atoms with van der Waals surface area (Å²) in [4.78, 5) is 15.1. The minimum atomic E-state index is -3.84. The smallest absolute Gasteiger partial charge is 0.252 e. The standard InChI is InChI=1S/C26H29N3O4S/c1-18(16-27)34(31,32)28-24-22(29(17-26(24)11-12-26)25(30)23-10-13-33-23)15-19-6-5-9-21(14-19)20-7-3-2-4-8-20/h2-9,14,18,22-24,28H,10-13,15,17H2,1H3/t18-,22-,23?,24+/m0/s1. The van der Waals surface area contributed by atoms with Crippen molar-refractivity contribution in [1.29, 1.82) is 5.26 Å². The zero-order valence-electron chi connectivity index (χ0n) is 19.2. The van der Waals surface area contributed by atoms with Gasteiger partial charge in [0.1, 0.15) is 6.10 Å². The fraction of sp³-hybridized carbons (Fsp3) is 0.462. The summed E-state index contributed by atoms with van der Waals surface area (Å²) < 4.78 is 34.1. The predicted octanol–water partition coefficient (Wildman–Crippen LogP) is 2.88. The van der Waals surface area contributed by atoms with Gasteiger partial charge < -0.3 is 9.64 Å². The maximum Gasteiger partial charge on any atom is 0.252 e. The molecule has 5 rings (SSSR count). The van der Waals surface area contributed by atoms with E-state index in [0.29, 0.717) is 26.0 Å². The topological polar surface area (TPSA) is 99.5 Å². The molecule has 0 radical (unpaired) electrons. The molecule has 2 saturated heterocycles. The van der Waals surface area contributed by atoms with Gasteiger partial charge >= 0.3 is 0 Å². The number of hydrogen-bond acceptors (Lipinski definition) is 5. The highest BCUT2D eigenvalue weighted by Crippen LogP contribution is 2.56. The Bertz CT molecular complexity index is 1220. The molecule has 1 N–H and O–H groups in total. The van der Waals surface area contributed by atoms with Crippen molar-refractivity contribution in [2.45, 2.75) is 56.0 Å². The van der Waals surface area contributed by atoms with Crippen LogP contribution in [0.3, 0.4) is 0 Å². The Morgan fingerprint density at radius 2 is 1.91 bits per heavy atom. The van der Waals surface area contributed by atoms with Crippen LogP contribution in [0.2, 0.25) is 0 Å². The van der Waals surface area contributed by atoms with Crippen LogP contribution >= 0.6 is 0 Å². The van der Waals surface area contributed by atoms with E-state index < -0.39 is 27.4 Å². The van der Waals surface area contributed by atoms with E-state index in [2.05, 4.69) is 29.0 Å².